The third-order valence-electron chi connectivity index (χ3n) is 7.05. The lowest BCUT2D eigenvalue weighted by Gasteiger charge is -2.20. The number of carbonyl (C=O) groups is 1. The normalized spacial score (nSPS) is 16.3. The van der Waals surface area contributed by atoms with Crippen molar-refractivity contribution in [1.82, 2.24) is 9.55 Å². The molecule has 0 aliphatic carbocycles. The third kappa shape index (κ3) is 5.48. The van der Waals surface area contributed by atoms with Crippen molar-refractivity contribution in [3.8, 4) is 0 Å². The number of para-hydroxylation sites is 2. The lowest BCUT2D eigenvalue weighted by Crippen LogP contribution is -2.25. The lowest BCUT2D eigenvalue weighted by atomic mass is 10.1. The predicted molar refractivity (Wildman–Crippen MR) is 138 cm³/mol. The van der Waals surface area contributed by atoms with Crippen LogP contribution >= 0.6 is 0 Å². The van der Waals surface area contributed by atoms with Gasteiger partial charge in [-0.2, -0.15) is 0 Å². The molecule has 4 heteroatoms. The average molecular weight is 446 g/mol. The second kappa shape index (κ2) is 11.0. The fraction of sp³-hybridized carbons (Fsp3) is 0.517. The zero-order valence-electron chi connectivity index (χ0n) is 20.6. The van der Waals surface area contributed by atoms with Crippen LogP contribution in [0.2, 0.25) is 0 Å². The molecule has 4 nitrogen and oxygen atoms in total. The first-order valence-electron chi connectivity index (χ1n) is 12.9. The van der Waals surface area contributed by atoms with Crippen molar-refractivity contribution < 1.29 is 4.79 Å². The average Bonchev–Trinajstić information content (AvgIpc) is 3.36. The van der Waals surface area contributed by atoms with Gasteiger partial charge in [0.1, 0.15) is 5.82 Å². The highest BCUT2D eigenvalue weighted by atomic mass is 16.2. The van der Waals surface area contributed by atoms with Crippen molar-refractivity contribution in [1.29, 1.82) is 0 Å². The number of aromatic nitrogens is 2. The minimum absolute atomic E-state index is 0.139. The topological polar surface area (TPSA) is 38.1 Å². The van der Waals surface area contributed by atoms with Crippen LogP contribution in [0.15, 0.2) is 42.5 Å². The minimum atomic E-state index is 0.139. The molecule has 0 bridgehead atoms. The Morgan fingerprint density at radius 3 is 2.42 bits per heavy atom. The first-order chi connectivity index (χ1) is 16.1. The molecule has 1 aliphatic heterocycles. The van der Waals surface area contributed by atoms with E-state index >= 15 is 0 Å². The number of hydrogen-bond acceptors (Lipinski definition) is 2. The molecule has 0 N–H and O–H groups in total. The lowest BCUT2D eigenvalue weighted by molar-refractivity contribution is -0.117. The number of nitrogens with zero attached hydrogens (tertiary/aromatic N) is 3. The summed E-state index contributed by atoms with van der Waals surface area (Å²) in [7, 11) is 0. The number of hydrogen-bond donors (Lipinski definition) is 0. The second-order valence-corrected chi connectivity index (χ2v) is 9.78. The maximum atomic E-state index is 13.0. The third-order valence-corrected chi connectivity index (χ3v) is 7.05. The molecule has 1 saturated heterocycles. The van der Waals surface area contributed by atoms with Gasteiger partial charge in [-0.15, -0.1) is 0 Å². The van der Waals surface area contributed by atoms with E-state index in [1.54, 1.807) is 0 Å². The van der Waals surface area contributed by atoms with E-state index in [1.807, 2.05) is 4.90 Å². The molecule has 1 atom stereocenters. The van der Waals surface area contributed by atoms with Gasteiger partial charge in [-0.05, 0) is 44.0 Å². The molecule has 0 radical (unpaired) electrons. The highest BCUT2D eigenvalue weighted by Gasteiger charge is 2.35. The van der Waals surface area contributed by atoms with Crippen molar-refractivity contribution in [2.45, 2.75) is 91.0 Å². The Kier molecular flexibility index (Phi) is 7.85. The summed E-state index contributed by atoms with van der Waals surface area (Å²) in [4.78, 5) is 20.0. The zero-order valence-corrected chi connectivity index (χ0v) is 20.6. The van der Waals surface area contributed by atoms with Gasteiger partial charge < -0.3 is 9.47 Å². The maximum Gasteiger partial charge on any atom is 0.227 e. The minimum Gasteiger partial charge on any atom is -0.328 e. The molecule has 3 aromatic rings. The second-order valence-electron chi connectivity index (χ2n) is 9.78. The number of fused-ring (bicyclic) bond motifs is 1. The van der Waals surface area contributed by atoms with Gasteiger partial charge in [0.05, 0.1) is 11.0 Å². The zero-order chi connectivity index (χ0) is 23.2. The Labute approximate surface area is 199 Å². The Balaban J connectivity index is 1.47. The van der Waals surface area contributed by atoms with Gasteiger partial charge >= 0.3 is 0 Å². The van der Waals surface area contributed by atoms with Crippen LogP contribution in [0.5, 0.6) is 0 Å². The smallest absolute Gasteiger partial charge is 0.227 e. The molecule has 33 heavy (non-hydrogen) atoms. The predicted octanol–water partition coefficient (Wildman–Crippen LogP) is 7.31. The summed E-state index contributed by atoms with van der Waals surface area (Å²) in [6.45, 7) is 8.16. The number of amides is 1. The fourth-order valence-electron chi connectivity index (χ4n) is 5.27. The molecule has 1 aliphatic rings. The van der Waals surface area contributed by atoms with E-state index in [1.165, 1.54) is 62.4 Å². The van der Waals surface area contributed by atoms with E-state index in [2.05, 4.69) is 67.8 Å². The van der Waals surface area contributed by atoms with Crippen LogP contribution in [0, 0.1) is 13.8 Å². The Hall–Kier alpha value is -2.62. The van der Waals surface area contributed by atoms with Gasteiger partial charge in [0, 0.05) is 31.1 Å². The first kappa shape index (κ1) is 23.5. The summed E-state index contributed by atoms with van der Waals surface area (Å²) >= 11 is 0. The van der Waals surface area contributed by atoms with E-state index in [0.717, 1.165) is 29.1 Å². The number of anilines is 1. The van der Waals surface area contributed by atoms with Crippen molar-refractivity contribution in [2.24, 2.45) is 0 Å². The van der Waals surface area contributed by atoms with Crippen LogP contribution in [0.4, 0.5) is 5.69 Å². The van der Waals surface area contributed by atoms with Gasteiger partial charge in [0.25, 0.3) is 0 Å². The number of unbranched alkanes of at least 4 members (excludes halogenated alkanes) is 7. The summed E-state index contributed by atoms with van der Waals surface area (Å²) in [5.41, 5.74) is 5.68. The van der Waals surface area contributed by atoms with Gasteiger partial charge in [-0.25, -0.2) is 4.98 Å². The molecule has 1 aromatic heterocycles. The summed E-state index contributed by atoms with van der Waals surface area (Å²) in [6, 6.07) is 14.8. The quantitative estimate of drug-likeness (QED) is 0.290. The summed E-state index contributed by atoms with van der Waals surface area (Å²) in [5, 5.41) is 0. The molecule has 4 rings (SSSR count). The van der Waals surface area contributed by atoms with Crippen molar-refractivity contribution in [2.75, 3.05) is 11.4 Å². The van der Waals surface area contributed by atoms with Crippen LogP contribution in [-0.2, 0) is 11.3 Å². The highest BCUT2D eigenvalue weighted by Crippen LogP contribution is 2.35. The van der Waals surface area contributed by atoms with Crippen molar-refractivity contribution in [3.05, 3.63) is 59.4 Å². The molecule has 1 amide bonds. The molecule has 176 valence electrons. The summed E-state index contributed by atoms with van der Waals surface area (Å²) in [6.07, 6.45) is 11.0. The number of aryl methyl sites for hydroxylation is 3. The number of carbonyl (C=O) groups excluding carboxylic acids is 1. The largest absolute Gasteiger partial charge is 0.328 e. The molecule has 2 aromatic carbocycles. The molecule has 0 spiro atoms. The van der Waals surface area contributed by atoms with Crippen LogP contribution in [0.1, 0.15) is 87.6 Å². The standard InChI is InChI=1S/C29H39N3O/c1-4-5-6-7-8-9-10-13-18-31-27-15-12-11-14-25(27)30-29(31)24-20-28(33)32(21-24)26-17-16-22(2)19-23(26)3/h11-12,14-17,19,24H,4-10,13,18,20-21H2,1-3H3. The summed E-state index contributed by atoms with van der Waals surface area (Å²) < 4.78 is 2.40. The van der Waals surface area contributed by atoms with Crippen LogP contribution < -0.4 is 4.90 Å². The molecule has 1 fully saturated rings. The number of benzene rings is 2. The van der Waals surface area contributed by atoms with E-state index in [9.17, 15) is 4.79 Å². The number of rotatable bonds is 11. The molecule has 1 unspecified atom stereocenters. The number of imidazole rings is 1. The first-order valence-corrected chi connectivity index (χ1v) is 12.9. The Bertz CT molecular complexity index is 1080. The molecule has 0 saturated carbocycles. The monoisotopic (exact) mass is 445 g/mol. The van der Waals surface area contributed by atoms with Gasteiger partial charge in [-0.3, -0.25) is 4.79 Å². The van der Waals surface area contributed by atoms with E-state index in [-0.39, 0.29) is 11.8 Å². The molecule has 2 heterocycles. The van der Waals surface area contributed by atoms with Crippen molar-refractivity contribution >= 4 is 22.6 Å². The molecular weight excluding hydrogens is 406 g/mol. The van der Waals surface area contributed by atoms with Gasteiger partial charge in [0.15, 0.2) is 0 Å². The van der Waals surface area contributed by atoms with Gasteiger partial charge in [0.2, 0.25) is 5.91 Å². The van der Waals surface area contributed by atoms with E-state index in [0.29, 0.717) is 13.0 Å². The highest BCUT2D eigenvalue weighted by molar-refractivity contribution is 5.97. The van der Waals surface area contributed by atoms with Crippen molar-refractivity contribution in [3.63, 3.8) is 0 Å². The Morgan fingerprint density at radius 2 is 1.67 bits per heavy atom. The van der Waals surface area contributed by atoms with Crippen LogP contribution in [0.3, 0.4) is 0 Å². The van der Waals surface area contributed by atoms with E-state index < -0.39 is 0 Å². The van der Waals surface area contributed by atoms with Gasteiger partial charge in [-0.1, -0.05) is 81.7 Å². The summed E-state index contributed by atoms with van der Waals surface area (Å²) in [5.74, 6) is 1.43. The van der Waals surface area contributed by atoms with Crippen LogP contribution in [-0.4, -0.2) is 22.0 Å². The Morgan fingerprint density at radius 1 is 0.939 bits per heavy atom. The fourth-order valence-corrected chi connectivity index (χ4v) is 5.27. The van der Waals surface area contributed by atoms with E-state index in [4.69, 9.17) is 4.98 Å². The maximum absolute atomic E-state index is 13.0. The SMILES string of the molecule is CCCCCCCCCCn1c(C2CC(=O)N(c3ccc(C)cc3C)C2)nc2ccccc21. The molecular formula is C29H39N3O. The van der Waals surface area contributed by atoms with Crippen LogP contribution in [0.25, 0.3) is 11.0 Å².